The lowest BCUT2D eigenvalue weighted by atomic mass is 9.75. The Labute approximate surface area is 117 Å². The van der Waals surface area contributed by atoms with Gasteiger partial charge in [0.25, 0.3) is 0 Å². The summed E-state index contributed by atoms with van der Waals surface area (Å²) in [6.07, 6.45) is 6.58. The van der Waals surface area contributed by atoms with Crippen molar-refractivity contribution in [2.45, 2.75) is 50.7 Å². The van der Waals surface area contributed by atoms with Gasteiger partial charge in [0, 0.05) is 0 Å². The Kier molecular flexibility index (Phi) is 3.51. The lowest BCUT2D eigenvalue weighted by Crippen LogP contribution is -2.45. The van der Waals surface area contributed by atoms with Gasteiger partial charge in [-0.05, 0) is 37.8 Å². The molecule has 1 aromatic heterocycles. The largest absolute Gasteiger partial charge is 0.467 e. The van der Waals surface area contributed by atoms with Gasteiger partial charge < -0.3 is 14.5 Å². The summed E-state index contributed by atoms with van der Waals surface area (Å²) in [4.78, 5) is 24.0. The second kappa shape index (κ2) is 5.31. The second-order valence-corrected chi connectivity index (χ2v) is 5.65. The quantitative estimate of drug-likeness (QED) is 0.860. The minimum absolute atomic E-state index is 0.103. The number of ether oxygens (including phenoxy) is 1. The second-order valence-electron chi connectivity index (χ2n) is 5.65. The molecule has 20 heavy (non-hydrogen) atoms. The van der Waals surface area contributed by atoms with Crippen LogP contribution >= 0.6 is 0 Å². The molecule has 5 heteroatoms. The van der Waals surface area contributed by atoms with Crippen LogP contribution in [0.4, 0.5) is 0 Å². The average molecular weight is 277 g/mol. The first kappa shape index (κ1) is 13.2. The maximum atomic E-state index is 12.4. The van der Waals surface area contributed by atoms with E-state index in [0.717, 1.165) is 32.1 Å². The molecule has 2 heterocycles. The zero-order valence-corrected chi connectivity index (χ0v) is 11.4. The molecule has 0 radical (unpaired) electrons. The number of carbonyl (C=O) groups excluding carboxylic acids is 2. The summed E-state index contributed by atoms with van der Waals surface area (Å²) in [6, 6.07) is 3.60. The number of carbonyl (C=O) groups is 2. The van der Waals surface area contributed by atoms with E-state index in [4.69, 9.17) is 9.15 Å². The van der Waals surface area contributed by atoms with E-state index in [0.29, 0.717) is 12.3 Å². The van der Waals surface area contributed by atoms with Gasteiger partial charge in [-0.15, -0.1) is 0 Å². The van der Waals surface area contributed by atoms with Crippen molar-refractivity contribution in [3.8, 4) is 0 Å². The fraction of sp³-hybridized carbons (Fsp3) is 0.600. The van der Waals surface area contributed by atoms with E-state index in [9.17, 15) is 9.59 Å². The number of hydrogen-bond donors (Lipinski definition) is 1. The van der Waals surface area contributed by atoms with Gasteiger partial charge in [0.05, 0.1) is 25.1 Å². The van der Waals surface area contributed by atoms with Gasteiger partial charge >= 0.3 is 5.97 Å². The Morgan fingerprint density at radius 2 is 2.15 bits per heavy atom. The standard InChI is InChI=1S/C15H19NO4/c17-13-9-12(15(20-13)6-2-1-3-7-15)14(18)16-10-11-5-4-8-19-11/h4-5,8,12H,1-3,6-7,9-10H2,(H,16,18)/t12-/m1/s1. The Morgan fingerprint density at radius 1 is 1.35 bits per heavy atom. The molecule has 2 fully saturated rings. The van der Waals surface area contributed by atoms with E-state index < -0.39 is 5.60 Å². The van der Waals surface area contributed by atoms with Crippen molar-refractivity contribution in [2.24, 2.45) is 5.92 Å². The smallest absolute Gasteiger partial charge is 0.307 e. The fourth-order valence-electron chi connectivity index (χ4n) is 3.34. The molecular weight excluding hydrogens is 258 g/mol. The van der Waals surface area contributed by atoms with Gasteiger partial charge in [0.15, 0.2) is 0 Å². The SMILES string of the molecule is O=C1C[C@H](C(=O)NCc2ccco2)C2(CCCCC2)O1. The molecule has 3 rings (SSSR count). The summed E-state index contributed by atoms with van der Waals surface area (Å²) in [5.74, 6) is 0.00532. The van der Waals surface area contributed by atoms with Crippen LogP contribution in [0.15, 0.2) is 22.8 Å². The van der Waals surface area contributed by atoms with Crippen molar-refractivity contribution < 1.29 is 18.7 Å². The molecule has 1 aliphatic carbocycles. The molecule has 0 unspecified atom stereocenters. The Hall–Kier alpha value is -1.78. The van der Waals surface area contributed by atoms with E-state index in [1.54, 1.807) is 12.3 Å². The summed E-state index contributed by atoms with van der Waals surface area (Å²) in [5.41, 5.74) is -0.553. The van der Waals surface area contributed by atoms with E-state index in [2.05, 4.69) is 5.32 Å². The highest BCUT2D eigenvalue weighted by atomic mass is 16.6. The van der Waals surface area contributed by atoms with Gasteiger partial charge in [-0.3, -0.25) is 9.59 Å². The molecule has 1 amide bonds. The molecule has 1 aliphatic heterocycles. The maximum Gasteiger partial charge on any atom is 0.307 e. The van der Waals surface area contributed by atoms with Crippen LogP contribution in [0.25, 0.3) is 0 Å². The van der Waals surface area contributed by atoms with Crippen LogP contribution in [0.5, 0.6) is 0 Å². The monoisotopic (exact) mass is 277 g/mol. The highest BCUT2D eigenvalue weighted by molar-refractivity contribution is 5.87. The van der Waals surface area contributed by atoms with Gasteiger partial charge in [-0.1, -0.05) is 6.42 Å². The number of esters is 1. The normalized spacial score (nSPS) is 24.6. The zero-order valence-electron chi connectivity index (χ0n) is 11.4. The van der Waals surface area contributed by atoms with Crippen LogP contribution in [0, 0.1) is 5.92 Å². The highest BCUT2D eigenvalue weighted by Crippen LogP contribution is 2.44. The predicted molar refractivity (Wildman–Crippen MR) is 70.6 cm³/mol. The molecule has 1 aromatic rings. The molecule has 1 saturated heterocycles. The van der Waals surface area contributed by atoms with Crippen molar-refractivity contribution in [1.82, 2.24) is 5.32 Å². The molecule has 1 spiro atoms. The molecule has 108 valence electrons. The third-order valence-electron chi connectivity index (χ3n) is 4.36. The van der Waals surface area contributed by atoms with Gasteiger partial charge in [0.1, 0.15) is 11.4 Å². The lowest BCUT2D eigenvalue weighted by Gasteiger charge is -2.35. The van der Waals surface area contributed by atoms with Crippen molar-refractivity contribution >= 4 is 11.9 Å². The molecule has 1 atom stereocenters. The lowest BCUT2D eigenvalue weighted by molar-refractivity contribution is -0.153. The first-order valence-corrected chi connectivity index (χ1v) is 7.22. The van der Waals surface area contributed by atoms with E-state index >= 15 is 0 Å². The number of nitrogens with one attached hydrogen (secondary N) is 1. The molecule has 0 bridgehead atoms. The van der Waals surface area contributed by atoms with Gasteiger partial charge in [-0.25, -0.2) is 0 Å². The summed E-state index contributed by atoms with van der Waals surface area (Å²) in [7, 11) is 0. The topological polar surface area (TPSA) is 68.5 Å². The van der Waals surface area contributed by atoms with Crippen LogP contribution in [0.1, 0.15) is 44.3 Å². The molecular formula is C15H19NO4. The molecule has 5 nitrogen and oxygen atoms in total. The van der Waals surface area contributed by atoms with Crippen LogP contribution in [-0.2, 0) is 20.9 Å². The minimum Gasteiger partial charge on any atom is -0.467 e. The fourth-order valence-corrected chi connectivity index (χ4v) is 3.34. The van der Waals surface area contributed by atoms with E-state index in [-0.39, 0.29) is 24.2 Å². The Morgan fingerprint density at radius 3 is 2.85 bits per heavy atom. The minimum atomic E-state index is -0.553. The first-order chi connectivity index (χ1) is 9.70. The number of hydrogen-bond acceptors (Lipinski definition) is 4. The van der Waals surface area contributed by atoms with Crippen molar-refractivity contribution in [1.29, 1.82) is 0 Å². The summed E-state index contributed by atoms with van der Waals surface area (Å²) in [6.45, 7) is 0.354. The van der Waals surface area contributed by atoms with Crippen LogP contribution in [0.2, 0.25) is 0 Å². The zero-order chi connectivity index (χ0) is 14.0. The van der Waals surface area contributed by atoms with Crippen molar-refractivity contribution in [3.63, 3.8) is 0 Å². The Bertz CT molecular complexity index is 488. The summed E-state index contributed by atoms with van der Waals surface area (Å²) >= 11 is 0. The van der Waals surface area contributed by atoms with Gasteiger partial charge in [-0.2, -0.15) is 0 Å². The molecule has 0 aromatic carbocycles. The van der Waals surface area contributed by atoms with Crippen molar-refractivity contribution in [2.75, 3.05) is 0 Å². The van der Waals surface area contributed by atoms with Crippen LogP contribution in [-0.4, -0.2) is 17.5 Å². The Balaban J connectivity index is 1.67. The van der Waals surface area contributed by atoms with E-state index in [1.807, 2.05) is 6.07 Å². The highest BCUT2D eigenvalue weighted by Gasteiger charge is 2.52. The first-order valence-electron chi connectivity index (χ1n) is 7.22. The van der Waals surface area contributed by atoms with E-state index in [1.165, 1.54) is 0 Å². The summed E-state index contributed by atoms with van der Waals surface area (Å²) in [5, 5.41) is 2.85. The maximum absolute atomic E-state index is 12.4. The van der Waals surface area contributed by atoms with Crippen LogP contribution < -0.4 is 5.32 Å². The number of furan rings is 1. The van der Waals surface area contributed by atoms with Crippen LogP contribution in [0.3, 0.4) is 0 Å². The molecule has 1 N–H and O–H groups in total. The number of rotatable bonds is 3. The third kappa shape index (κ3) is 2.44. The number of amides is 1. The van der Waals surface area contributed by atoms with Crippen molar-refractivity contribution in [3.05, 3.63) is 24.2 Å². The third-order valence-corrected chi connectivity index (χ3v) is 4.36. The average Bonchev–Trinajstić information content (AvgIpc) is 3.05. The predicted octanol–water partition coefficient (Wildman–Crippen LogP) is 2.16. The molecule has 1 saturated carbocycles. The molecule has 2 aliphatic rings. The van der Waals surface area contributed by atoms with Gasteiger partial charge in [0.2, 0.25) is 5.91 Å². The summed E-state index contributed by atoms with van der Waals surface area (Å²) < 4.78 is 10.7.